The zero-order valence-electron chi connectivity index (χ0n) is 31.8. The van der Waals surface area contributed by atoms with E-state index in [9.17, 15) is 0 Å². The first-order valence-corrected chi connectivity index (χ1v) is 20.2. The Kier molecular flexibility index (Phi) is 7.33. The van der Waals surface area contributed by atoms with Crippen LogP contribution in [0.25, 0.3) is 120 Å². The fraction of sp³-hybridized carbons (Fsp3) is 0. The Morgan fingerprint density at radius 2 is 0.621 bits per heavy atom. The zero-order chi connectivity index (χ0) is 38.2. The maximum Gasteiger partial charge on any atom is -0.00259 e. The molecule has 0 amide bonds. The van der Waals surface area contributed by atoms with Crippen LogP contribution in [0.4, 0.5) is 0 Å². The van der Waals surface area contributed by atoms with Gasteiger partial charge in [0.1, 0.15) is 0 Å². The van der Waals surface area contributed by atoms with Gasteiger partial charge in [-0.1, -0.05) is 194 Å². The fourth-order valence-electron chi connectivity index (χ4n) is 9.63. The van der Waals surface area contributed by atoms with Crippen LogP contribution < -0.4 is 0 Å². The van der Waals surface area contributed by atoms with Crippen molar-refractivity contribution in [3.8, 4) is 44.5 Å². The van der Waals surface area contributed by atoms with Crippen LogP contribution in [-0.2, 0) is 0 Å². The Balaban J connectivity index is 1.06. The van der Waals surface area contributed by atoms with Crippen LogP contribution in [0, 0.1) is 0 Å². The summed E-state index contributed by atoms with van der Waals surface area (Å²) < 4.78 is 0. The predicted octanol–water partition coefficient (Wildman–Crippen LogP) is 16.4. The number of fused-ring (bicyclic) bond motifs is 9. The molecule has 58 heavy (non-hydrogen) atoms. The van der Waals surface area contributed by atoms with Gasteiger partial charge in [-0.25, -0.2) is 0 Å². The molecule has 0 N–H and O–H groups in total. The molecule has 0 atom stereocenters. The first kappa shape index (κ1) is 32.7. The first-order chi connectivity index (χ1) is 28.7. The van der Waals surface area contributed by atoms with E-state index in [4.69, 9.17) is 0 Å². The van der Waals surface area contributed by atoms with E-state index in [0.717, 1.165) is 0 Å². The van der Waals surface area contributed by atoms with E-state index < -0.39 is 0 Å². The van der Waals surface area contributed by atoms with Gasteiger partial charge in [0.2, 0.25) is 0 Å². The molecule has 12 rings (SSSR count). The third-order valence-electron chi connectivity index (χ3n) is 12.4. The van der Waals surface area contributed by atoms with Gasteiger partial charge in [0.25, 0.3) is 0 Å². The van der Waals surface area contributed by atoms with Crippen molar-refractivity contribution in [3.63, 3.8) is 0 Å². The van der Waals surface area contributed by atoms with Gasteiger partial charge in [-0.3, -0.25) is 0 Å². The van der Waals surface area contributed by atoms with Crippen molar-refractivity contribution < 1.29 is 0 Å². The van der Waals surface area contributed by atoms with Crippen LogP contribution in [0.3, 0.4) is 0 Å². The molecule has 268 valence electrons. The van der Waals surface area contributed by atoms with Gasteiger partial charge in [0.05, 0.1) is 0 Å². The van der Waals surface area contributed by atoms with E-state index >= 15 is 0 Å². The molecule has 0 aliphatic rings. The summed E-state index contributed by atoms with van der Waals surface area (Å²) in [4.78, 5) is 0. The lowest BCUT2D eigenvalue weighted by molar-refractivity contribution is 1.62. The summed E-state index contributed by atoms with van der Waals surface area (Å²) in [5.41, 5.74) is 9.90. The summed E-state index contributed by atoms with van der Waals surface area (Å²) in [5, 5.41) is 17.8. The Morgan fingerprint density at radius 1 is 0.190 bits per heavy atom. The molecule has 12 aromatic carbocycles. The van der Waals surface area contributed by atoms with Crippen molar-refractivity contribution in [1.82, 2.24) is 0 Å². The molecule has 0 heteroatoms. The lowest BCUT2D eigenvalue weighted by Gasteiger charge is -2.19. The number of benzene rings is 12. The van der Waals surface area contributed by atoms with Gasteiger partial charge in [0.15, 0.2) is 0 Å². The minimum absolute atomic E-state index is 1.20. The summed E-state index contributed by atoms with van der Waals surface area (Å²) in [6.45, 7) is 0. The highest BCUT2D eigenvalue weighted by molar-refractivity contribution is 6.24. The first-order valence-electron chi connectivity index (χ1n) is 20.2. The molecular formula is C58H36. The summed E-state index contributed by atoms with van der Waals surface area (Å²) in [7, 11) is 0. The lowest BCUT2D eigenvalue weighted by atomic mass is 9.84. The molecule has 12 aromatic rings. The molecule has 0 aliphatic carbocycles. The second-order valence-electron chi connectivity index (χ2n) is 15.6. The molecule has 0 spiro atoms. The SMILES string of the molecule is c1ccc2cc(-c3c4ccccc4c(-c4ccc5ccccc5c4)c4cc(-c5ccc(-c6cc7ccc8ccccc8c7c7ccccc67)cc5)ccc34)ccc2c1. The molecule has 0 saturated carbocycles. The Morgan fingerprint density at radius 3 is 1.28 bits per heavy atom. The van der Waals surface area contributed by atoms with E-state index in [1.54, 1.807) is 0 Å². The van der Waals surface area contributed by atoms with Gasteiger partial charge < -0.3 is 0 Å². The number of rotatable bonds is 4. The van der Waals surface area contributed by atoms with Crippen LogP contribution in [0.2, 0.25) is 0 Å². The standard InChI is InChI=1S/C58H36/c1-3-14-42-33-45(28-23-37(42)11-1)57-51-19-9-10-20-52(51)58(46-29-24-38-12-2-4-15-43(38)34-46)55-35-44(31-32-53(55)57)39-21-25-41(26-22-39)54-36-47-30-27-40-13-5-6-16-48(40)56(47)50-18-8-7-17-49(50)54/h1-36H. The predicted molar refractivity (Wildman–Crippen MR) is 251 cm³/mol. The third kappa shape index (κ3) is 5.16. The third-order valence-corrected chi connectivity index (χ3v) is 12.4. The second-order valence-corrected chi connectivity index (χ2v) is 15.6. The van der Waals surface area contributed by atoms with Gasteiger partial charge in [0, 0.05) is 0 Å². The average molecular weight is 733 g/mol. The summed E-state index contributed by atoms with van der Waals surface area (Å²) in [5.74, 6) is 0. The maximum absolute atomic E-state index is 2.43. The van der Waals surface area contributed by atoms with E-state index in [-0.39, 0.29) is 0 Å². The van der Waals surface area contributed by atoms with E-state index in [1.165, 1.54) is 120 Å². The van der Waals surface area contributed by atoms with Crippen LogP contribution >= 0.6 is 0 Å². The van der Waals surface area contributed by atoms with Gasteiger partial charge in [-0.2, -0.15) is 0 Å². The van der Waals surface area contributed by atoms with Crippen molar-refractivity contribution in [2.24, 2.45) is 0 Å². The van der Waals surface area contributed by atoms with E-state index in [0.29, 0.717) is 0 Å². The van der Waals surface area contributed by atoms with Crippen LogP contribution in [0.1, 0.15) is 0 Å². The van der Waals surface area contributed by atoms with Crippen LogP contribution in [0.15, 0.2) is 218 Å². The van der Waals surface area contributed by atoms with Gasteiger partial charge in [-0.05, 0) is 144 Å². The highest BCUT2D eigenvalue weighted by Crippen LogP contribution is 2.46. The molecule has 0 heterocycles. The second kappa shape index (κ2) is 13.0. The largest absolute Gasteiger partial charge is 0.0616 e. The number of hydrogen-bond acceptors (Lipinski definition) is 0. The Labute approximate surface area is 336 Å². The zero-order valence-corrected chi connectivity index (χ0v) is 31.8. The summed E-state index contributed by atoms with van der Waals surface area (Å²) in [6, 6.07) is 81.0. The smallest absolute Gasteiger partial charge is 0.00259 e. The average Bonchev–Trinajstić information content (AvgIpc) is 3.30. The molecule has 0 radical (unpaired) electrons. The molecule has 0 unspecified atom stereocenters. The normalized spacial score (nSPS) is 11.8. The highest BCUT2D eigenvalue weighted by atomic mass is 14.2. The topological polar surface area (TPSA) is 0 Å². The van der Waals surface area contributed by atoms with Crippen LogP contribution in [-0.4, -0.2) is 0 Å². The van der Waals surface area contributed by atoms with E-state index in [1.807, 2.05) is 0 Å². The van der Waals surface area contributed by atoms with Gasteiger partial charge in [-0.15, -0.1) is 0 Å². The van der Waals surface area contributed by atoms with Crippen molar-refractivity contribution in [1.29, 1.82) is 0 Å². The Hall–Kier alpha value is -7.54. The quantitative estimate of drug-likeness (QED) is 0.125. The highest BCUT2D eigenvalue weighted by Gasteiger charge is 2.19. The molecule has 0 bridgehead atoms. The van der Waals surface area contributed by atoms with Crippen molar-refractivity contribution in [2.45, 2.75) is 0 Å². The monoisotopic (exact) mass is 732 g/mol. The molecule has 0 fully saturated rings. The van der Waals surface area contributed by atoms with E-state index in [2.05, 4.69) is 218 Å². The molecule has 0 nitrogen and oxygen atoms in total. The summed E-state index contributed by atoms with van der Waals surface area (Å²) >= 11 is 0. The molecule has 0 aromatic heterocycles. The van der Waals surface area contributed by atoms with Crippen molar-refractivity contribution in [2.75, 3.05) is 0 Å². The summed E-state index contributed by atoms with van der Waals surface area (Å²) in [6.07, 6.45) is 0. The fourth-order valence-corrected chi connectivity index (χ4v) is 9.63. The van der Waals surface area contributed by atoms with Crippen molar-refractivity contribution >= 4 is 75.4 Å². The maximum atomic E-state index is 2.43. The number of hydrogen-bond donors (Lipinski definition) is 0. The van der Waals surface area contributed by atoms with Crippen molar-refractivity contribution in [3.05, 3.63) is 218 Å². The molecule has 0 saturated heterocycles. The van der Waals surface area contributed by atoms with Crippen LogP contribution in [0.5, 0.6) is 0 Å². The molecule has 0 aliphatic heterocycles. The van der Waals surface area contributed by atoms with Gasteiger partial charge >= 0.3 is 0 Å². The molecular weight excluding hydrogens is 697 g/mol. The minimum Gasteiger partial charge on any atom is -0.0616 e. The minimum atomic E-state index is 1.20. The lowest BCUT2D eigenvalue weighted by Crippen LogP contribution is -1.92. The Bertz CT molecular complexity index is 3610.